The van der Waals surface area contributed by atoms with E-state index in [9.17, 15) is 9.90 Å². The Morgan fingerprint density at radius 2 is 2.18 bits per heavy atom. The number of aliphatic hydroxyl groups is 1. The molecule has 0 aromatic rings. The van der Waals surface area contributed by atoms with Gasteiger partial charge in [0.1, 0.15) is 5.78 Å². The van der Waals surface area contributed by atoms with Crippen molar-refractivity contribution in [1.29, 1.82) is 0 Å². The molecule has 1 fully saturated rings. The van der Waals surface area contributed by atoms with Gasteiger partial charge in [-0.2, -0.15) is 0 Å². The Balaban J connectivity index is 2.51. The average molecular weight is 236 g/mol. The van der Waals surface area contributed by atoms with E-state index in [1.165, 1.54) is 0 Å². The van der Waals surface area contributed by atoms with E-state index >= 15 is 0 Å². The number of carbonyl (C=O) groups is 1. The maximum atomic E-state index is 11.7. The van der Waals surface area contributed by atoms with Gasteiger partial charge >= 0.3 is 0 Å². The average Bonchev–Trinajstić information content (AvgIpc) is 2.63. The van der Waals surface area contributed by atoms with Gasteiger partial charge in [0.15, 0.2) is 0 Å². The van der Waals surface area contributed by atoms with Crippen LogP contribution in [0.25, 0.3) is 0 Å². The van der Waals surface area contributed by atoms with Crippen molar-refractivity contribution in [2.24, 2.45) is 17.8 Å². The predicted molar refractivity (Wildman–Crippen MR) is 70.6 cm³/mol. The summed E-state index contributed by atoms with van der Waals surface area (Å²) >= 11 is 0. The van der Waals surface area contributed by atoms with Crippen molar-refractivity contribution < 1.29 is 9.90 Å². The Bertz CT molecular complexity index is 304. The lowest BCUT2D eigenvalue weighted by atomic mass is 9.83. The number of carbonyl (C=O) groups excluding carboxylic acids is 1. The van der Waals surface area contributed by atoms with Gasteiger partial charge in [0.05, 0.1) is 6.10 Å². The van der Waals surface area contributed by atoms with Crippen LogP contribution in [0.15, 0.2) is 24.3 Å². The van der Waals surface area contributed by atoms with Gasteiger partial charge in [0.25, 0.3) is 0 Å². The van der Waals surface area contributed by atoms with Crippen molar-refractivity contribution in [2.45, 2.75) is 46.1 Å². The summed E-state index contributed by atoms with van der Waals surface area (Å²) in [7, 11) is 0. The van der Waals surface area contributed by atoms with Crippen LogP contribution >= 0.6 is 0 Å². The van der Waals surface area contributed by atoms with E-state index in [2.05, 4.69) is 13.0 Å². The van der Waals surface area contributed by atoms with E-state index in [-0.39, 0.29) is 17.6 Å². The Morgan fingerprint density at radius 1 is 1.47 bits per heavy atom. The number of ketones is 1. The monoisotopic (exact) mass is 236 g/mol. The van der Waals surface area contributed by atoms with Crippen LogP contribution in [-0.2, 0) is 4.79 Å². The quantitative estimate of drug-likeness (QED) is 0.745. The molecule has 0 heterocycles. The van der Waals surface area contributed by atoms with Crippen LogP contribution in [0.5, 0.6) is 0 Å². The zero-order chi connectivity index (χ0) is 12.8. The normalized spacial score (nSPS) is 29.3. The summed E-state index contributed by atoms with van der Waals surface area (Å²) in [4.78, 5) is 11.7. The lowest BCUT2D eigenvalue weighted by molar-refractivity contribution is -0.125. The molecule has 0 aromatic heterocycles. The molecular formula is C15H24O2. The van der Waals surface area contributed by atoms with E-state index in [1.807, 2.05) is 32.1 Å². The first-order valence-electron chi connectivity index (χ1n) is 6.56. The summed E-state index contributed by atoms with van der Waals surface area (Å²) in [5.41, 5.74) is 0. The number of hydrogen-bond donors (Lipinski definition) is 1. The predicted octanol–water partition coefficient (Wildman–Crippen LogP) is 3.12. The van der Waals surface area contributed by atoms with Crippen LogP contribution in [0.3, 0.4) is 0 Å². The second kappa shape index (κ2) is 6.75. The van der Waals surface area contributed by atoms with E-state index in [0.29, 0.717) is 12.3 Å². The van der Waals surface area contributed by atoms with Crippen molar-refractivity contribution in [3.8, 4) is 0 Å². The lowest BCUT2D eigenvalue weighted by Gasteiger charge is -2.25. The van der Waals surface area contributed by atoms with Gasteiger partial charge in [-0.15, -0.1) is 0 Å². The van der Waals surface area contributed by atoms with Crippen molar-refractivity contribution >= 4 is 5.78 Å². The highest BCUT2D eigenvalue weighted by Gasteiger charge is 2.38. The molecule has 17 heavy (non-hydrogen) atoms. The Morgan fingerprint density at radius 3 is 2.71 bits per heavy atom. The van der Waals surface area contributed by atoms with Crippen LogP contribution in [0.1, 0.15) is 40.0 Å². The summed E-state index contributed by atoms with van der Waals surface area (Å²) in [6.07, 6.45) is 9.90. The molecular weight excluding hydrogens is 212 g/mol. The Labute approximate surface area is 104 Å². The molecule has 0 aromatic carbocycles. The second-order valence-electron chi connectivity index (χ2n) is 5.17. The third-order valence-corrected chi connectivity index (χ3v) is 3.73. The highest BCUT2D eigenvalue weighted by Crippen LogP contribution is 2.34. The van der Waals surface area contributed by atoms with E-state index in [0.717, 1.165) is 12.8 Å². The lowest BCUT2D eigenvalue weighted by Crippen LogP contribution is -2.33. The van der Waals surface area contributed by atoms with Crippen molar-refractivity contribution in [2.75, 3.05) is 0 Å². The van der Waals surface area contributed by atoms with E-state index < -0.39 is 6.10 Å². The number of hydrogen-bond acceptors (Lipinski definition) is 2. The molecule has 1 saturated carbocycles. The molecule has 0 spiro atoms. The number of Topliss-reactive ketones (excluding diaryl/α,β-unsaturated/α-hetero) is 1. The van der Waals surface area contributed by atoms with Crippen molar-refractivity contribution in [1.82, 2.24) is 0 Å². The molecule has 96 valence electrons. The Hall–Kier alpha value is -0.890. The fourth-order valence-corrected chi connectivity index (χ4v) is 2.54. The highest BCUT2D eigenvalue weighted by molar-refractivity contribution is 5.83. The van der Waals surface area contributed by atoms with Gasteiger partial charge < -0.3 is 5.11 Å². The maximum Gasteiger partial charge on any atom is 0.138 e. The van der Waals surface area contributed by atoms with Gasteiger partial charge in [0.2, 0.25) is 0 Å². The molecule has 2 heteroatoms. The summed E-state index contributed by atoms with van der Waals surface area (Å²) in [6, 6.07) is 0. The van der Waals surface area contributed by atoms with Gasteiger partial charge in [-0.05, 0) is 31.6 Å². The van der Waals surface area contributed by atoms with Gasteiger partial charge in [0, 0.05) is 12.3 Å². The van der Waals surface area contributed by atoms with Gasteiger partial charge in [-0.25, -0.2) is 0 Å². The van der Waals surface area contributed by atoms with Gasteiger partial charge in [-0.3, -0.25) is 4.79 Å². The maximum absolute atomic E-state index is 11.7. The molecule has 1 rings (SSSR count). The molecule has 0 radical (unpaired) electrons. The zero-order valence-electron chi connectivity index (χ0n) is 11.1. The fraction of sp³-hybridized carbons (Fsp3) is 0.667. The standard InChI is InChI=1S/C15H24O2/c1-4-5-6-7-8-12(3)15(17)14-11(2)9-10-13(14)16/h4-7,11-12,14-15,17H,8-10H2,1-3H3/t11?,12-,14-,15?/m1/s1. The largest absolute Gasteiger partial charge is 0.392 e. The molecule has 0 bridgehead atoms. The summed E-state index contributed by atoms with van der Waals surface area (Å²) in [5, 5.41) is 10.2. The molecule has 1 N–H and O–H groups in total. The van der Waals surface area contributed by atoms with Crippen LogP contribution in [0.2, 0.25) is 0 Å². The number of aliphatic hydroxyl groups excluding tert-OH is 1. The van der Waals surface area contributed by atoms with Crippen LogP contribution in [0.4, 0.5) is 0 Å². The van der Waals surface area contributed by atoms with Crippen LogP contribution < -0.4 is 0 Å². The minimum absolute atomic E-state index is 0.139. The smallest absolute Gasteiger partial charge is 0.138 e. The highest BCUT2D eigenvalue weighted by atomic mass is 16.3. The van der Waals surface area contributed by atoms with Crippen molar-refractivity contribution in [3.63, 3.8) is 0 Å². The molecule has 0 aliphatic heterocycles. The third kappa shape index (κ3) is 3.81. The third-order valence-electron chi connectivity index (χ3n) is 3.73. The topological polar surface area (TPSA) is 37.3 Å². The van der Waals surface area contributed by atoms with E-state index in [1.54, 1.807) is 0 Å². The van der Waals surface area contributed by atoms with Crippen LogP contribution in [0, 0.1) is 17.8 Å². The first kappa shape index (κ1) is 14.2. The first-order valence-corrected chi connectivity index (χ1v) is 6.56. The summed E-state index contributed by atoms with van der Waals surface area (Å²) in [6.45, 7) is 6.06. The molecule has 4 atom stereocenters. The molecule has 0 saturated heterocycles. The van der Waals surface area contributed by atoms with Crippen LogP contribution in [-0.4, -0.2) is 17.0 Å². The Kier molecular flexibility index (Phi) is 5.63. The number of allylic oxidation sites excluding steroid dienone is 4. The molecule has 1 aliphatic rings. The fourth-order valence-electron chi connectivity index (χ4n) is 2.54. The minimum Gasteiger partial charge on any atom is -0.392 e. The van der Waals surface area contributed by atoms with Crippen molar-refractivity contribution in [3.05, 3.63) is 24.3 Å². The molecule has 0 amide bonds. The minimum atomic E-state index is -0.491. The van der Waals surface area contributed by atoms with Gasteiger partial charge in [-0.1, -0.05) is 38.2 Å². The SMILES string of the molecule is CC=CC=CC[C@@H](C)C(O)[C@H]1C(=O)CCC1C. The zero-order valence-corrected chi connectivity index (χ0v) is 11.1. The number of rotatable bonds is 5. The van der Waals surface area contributed by atoms with E-state index in [4.69, 9.17) is 0 Å². The first-order chi connectivity index (χ1) is 8.07. The summed E-state index contributed by atoms with van der Waals surface area (Å²) < 4.78 is 0. The molecule has 1 aliphatic carbocycles. The molecule has 2 unspecified atom stereocenters. The summed E-state index contributed by atoms with van der Waals surface area (Å²) in [5.74, 6) is 0.583. The molecule has 2 nitrogen and oxygen atoms in total. The second-order valence-corrected chi connectivity index (χ2v) is 5.17.